The Morgan fingerprint density at radius 3 is 0.857 bits per heavy atom. The van der Waals surface area contributed by atoms with Gasteiger partial charge in [-0.1, -0.05) is 0 Å². The van der Waals surface area contributed by atoms with E-state index < -0.39 is 6.16 Å². The second-order valence-corrected chi connectivity index (χ2v) is 0.600. The average molecular weight is 206 g/mol. The molecule has 0 aromatic rings. The van der Waals surface area contributed by atoms with E-state index in [0.29, 0.717) is 0 Å². The van der Waals surface area contributed by atoms with Crippen LogP contribution >= 0.6 is 0 Å². The van der Waals surface area contributed by atoms with E-state index in [4.69, 9.17) is 20.4 Å². The quantitative estimate of drug-likeness (QED) is 0.246. The van der Waals surface area contributed by atoms with Gasteiger partial charge in [-0.15, -0.1) is 0 Å². The van der Waals surface area contributed by atoms with Crippen LogP contribution in [0.4, 0.5) is 0 Å². The van der Waals surface area contributed by atoms with Crippen molar-refractivity contribution in [3.05, 3.63) is 0 Å². The maximum Gasteiger partial charge on any atom is 0.402 e. The topological polar surface area (TPSA) is 112 Å². The van der Waals surface area contributed by atoms with Gasteiger partial charge in [-0.3, -0.25) is 0 Å². The van der Waals surface area contributed by atoms with Gasteiger partial charge in [-0.2, -0.15) is 0 Å². The van der Waals surface area contributed by atoms with Crippen molar-refractivity contribution in [2.24, 2.45) is 0 Å². The second kappa shape index (κ2) is 4.69. The zero-order chi connectivity index (χ0) is 4.50. The van der Waals surface area contributed by atoms with Crippen LogP contribution in [0.25, 0.3) is 0 Å². The Morgan fingerprint density at radius 1 is 0.857 bits per heavy atom. The van der Waals surface area contributed by atoms with Gasteiger partial charge in [0.05, 0.1) is 0 Å². The molecule has 5 nitrogen and oxygen atoms in total. The molecule has 0 spiro atoms. The number of rotatable bonds is 0. The smallest absolute Gasteiger partial charge is 0.402 e. The van der Waals surface area contributed by atoms with E-state index in [1.54, 1.807) is 0 Å². The summed E-state index contributed by atoms with van der Waals surface area (Å²) in [5, 5.41) is 28.8. The molecule has 0 amide bonds. The molecule has 0 atom stereocenters. The molecular weight excluding hydrogens is 200 g/mol. The zero-order valence-electron chi connectivity index (χ0n) is 3.09. The largest absolute Gasteiger partial charge is 0.412 e. The van der Waals surface area contributed by atoms with Gasteiger partial charge < -0.3 is 25.9 Å². The number of aliphatic hydroxyl groups is 4. The molecule has 0 heterocycles. The van der Waals surface area contributed by atoms with E-state index in [-0.39, 0.29) is 27.9 Å². The third-order valence-electron chi connectivity index (χ3n) is 0. The van der Waals surface area contributed by atoms with E-state index >= 15 is 0 Å². The molecule has 6 N–H and O–H groups in total. The van der Waals surface area contributed by atoms with E-state index in [0.717, 1.165) is 0 Å². The summed E-state index contributed by atoms with van der Waals surface area (Å²) in [7, 11) is 0. The van der Waals surface area contributed by atoms with E-state index in [1.807, 2.05) is 0 Å². The number of hydrogen-bond acceptors (Lipinski definition) is 4. The van der Waals surface area contributed by atoms with Gasteiger partial charge in [0.25, 0.3) is 0 Å². The fourth-order valence-corrected chi connectivity index (χ4v) is 0. The Hall–Kier alpha value is 0.540. The predicted molar refractivity (Wildman–Crippen MR) is 15.2 cm³/mol. The summed E-state index contributed by atoms with van der Waals surface area (Å²) in [6.07, 6.45) is -3.50. The minimum absolute atomic E-state index is 0. The van der Waals surface area contributed by atoms with Gasteiger partial charge in [0.1, 0.15) is 0 Å². The van der Waals surface area contributed by atoms with Crippen LogP contribution in [0, 0.1) is 0 Å². The van der Waals surface area contributed by atoms with Gasteiger partial charge in [0.2, 0.25) is 0 Å². The van der Waals surface area contributed by atoms with Crippen LogP contribution in [0.5, 0.6) is 0 Å². The molecule has 0 aromatic carbocycles. The first kappa shape index (κ1) is 15.6. The van der Waals surface area contributed by atoms with Crippen LogP contribution in [0.1, 0.15) is 0 Å². The molecule has 0 saturated carbocycles. The molecule has 7 heavy (non-hydrogen) atoms. The minimum Gasteiger partial charge on any atom is -0.412 e. The molecule has 0 aliphatic rings. The Bertz CT molecular complexity index is 23.6. The fourth-order valence-electron chi connectivity index (χ4n) is 0. The van der Waals surface area contributed by atoms with E-state index in [1.165, 1.54) is 0 Å². The molecule has 6 heteroatoms. The SMILES string of the molecule is O.OC(O)(O)O.[Ag]. The van der Waals surface area contributed by atoms with Crippen LogP contribution in [0.15, 0.2) is 0 Å². The predicted octanol–water partition coefficient (Wildman–Crippen LogP) is -3.26. The monoisotopic (exact) mass is 205 g/mol. The summed E-state index contributed by atoms with van der Waals surface area (Å²) in [5.74, 6) is 0. The molecule has 0 fully saturated rings. The summed E-state index contributed by atoms with van der Waals surface area (Å²) < 4.78 is 0. The summed E-state index contributed by atoms with van der Waals surface area (Å²) in [6.45, 7) is 0. The third kappa shape index (κ3) is 462. The van der Waals surface area contributed by atoms with Crippen molar-refractivity contribution in [2.75, 3.05) is 0 Å². The Morgan fingerprint density at radius 2 is 0.857 bits per heavy atom. The average Bonchev–Trinajstić information content (AvgIpc) is 0.722. The standard InChI is InChI=1S/CH4O4.Ag.H2O/c2-1(3,4)5;;/h2-5H;;1H2. The number of hydrogen-bond donors (Lipinski definition) is 4. The molecule has 0 aliphatic carbocycles. The summed E-state index contributed by atoms with van der Waals surface area (Å²) in [4.78, 5) is 0. The molecule has 51 valence electrons. The zero-order valence-corrected chi connectivity index (χ0v) is 4.57. The first-order valence-corrected chi connectivity index (χ1v) is 0.894. The summed E-state index contributed by atoms with van der Waals surface area (Å²) in [6, 6.07) is 0. The van der Waals surface area contributed by atoms with Gasteiger partial charge in [-0.25, -0.2) is 0 Å². The van der Waals surface area contributed by atoms with E-state index in [2.05, 4.69) is 0 Å². The van der Waals surface area contributed by atoms with E-state index in [9.17, 15) is 0 Å². The van der Waals surface area contributed by atoms with Crippen LogP contribution < -0.4 is 0 Å². The molecule has 0 saturated heterocycles. The van der Waals surface area contributed by atoms with Crippen molar-refractivity contribution in [2.45, 2.75) is 6.16 Å². The van der Waals surface area contributed by atoms with Crippen LogP contribution in [-0.4, -0.2) is 32.1 Å². The molecule has 0 bridgehead atoms. The van der Waals surface area contributed by atoms with Crippen molar-refractivity contribution in [1.82, 2.24) is 0 Å². The maximum atomic E-state index is 7.19. The Kier molecular flexibility index (Phi) is 10.5. The van der Waals surface area contributed by atoms with Crippen LogP contribution in [0.2, 0.25) is 0 Å². The minimum atomic E-state index is -3.50. The fraction of sp³-hybridized carbons (Fsp3) is 1.00. The molecule has 0 aliphatic heterocycles. The summed E-state index contributed by atoms with van der Waals surface area (Å²) in [5.41, 5.74) is 0. The summed E-state index contributed by atoms with van der Waals surface area (Å²) >= 11 is 0. The molecule has 0 aromatic heterocycles. The van der Waals surface area contributed by atoms with Crippen molar-refractivity contribution in [3.8, 4) is 0 Å². The third-order valence-corrected chi connectivity index (χ3v) is 0. The Labute approximate surface area is 55.0 Å². The van der Waals surface area contributed by atoms with Crippen LogP contribution in [0.3, 0.4) is 0 Å². The van der Waals surface area contributed by atoms with Crippen molar-refractivity contribution >= 4 is 0 Å². The van der Waals surface area contributed by atoms with Crippen molar-refractivity contribution < 1.29 is 48.3 Å². The normalized spacial score (nSPS) is 8.57. The maximum absolute atomic E-state index is 7.19. The van der Waals surface area contributed by atoms with Crippen LogP contribution in [-0.2, 0) is 22.4 Å². The Balaban J connectivity index is -0.0000000800. The van der Waals surface area contributed by atoms with Gasteiger partial charge in [0.15, 0.2) is 0 Å². The van der Waals surface area contributed by atoms with Gasteiger partial charge in [0, 0.05) is 22.4 Å². The van der Waals surface area contributed by atoms with Crippen molar-refractivity contribution in [3.63, 3.8) is 0 Å². The molecule has 1 radical (unpaired) electrons. The molecule has 0 unspecified atom stereocenters. The first-order chi connectivity index (χ1) is 2.00. The van der Waals surface area contributed by atoms with Gasteiger partial charge >= 0.3 is 6.16 Å². The molecule has 0 rings (SSSR count). The first-order valence-electron chi connectivity index (χ1n) is 0.894. The van der Waals surface area contributed by atoms with Crippen molar-refractivity contribution in [1.29, 1.82) is 0 Å². The second-order valence-electron chi connectivity index (χ2n) is 0.600. The van der Waals surface area contributed by atoms with Gasteiger partial charge in [-0.05, 0) is 0 Å². The molecular formula is CH6AgO5.